The quantitative estimate of drug-likeness (QED) is 0.367. The third-order valence-corrected chi connectivity index (χ3v) is 5.67. The highest BCUT2D eigenvalue weighted by Crippen LogP contribution is 2.35. The number of nitrogens with one attached hydrogen (secondary N) is 1. The first kappa shape index (κ1) is 22.4. The predicted octanol–water partition coefficient (Wildman–Crippen LogP) is 4.48. The van der Waals surface area contributed by atoms with Crippen molar-refractivity contribution in [1.29, 1.82) is 0 Å². The number of nitrogens with two attached hydrogens (primary N) is 1. The molecule has 33 heavy (non-hydrogen) atoms. The van der Waals surface area contributed by atoms with Gasteiger partial charge in [0.1, 0.15) is 16.9 Å². The van der Waals surface area contributed by atoms with E-state index in [4.69, 9.17) is 25.2 Å². The molecule has 0 aliphatic heterocycles. The number of hydrogen-bond donors (Lipinski definition) is 2. The topological polar surface area (TPSA) is 104 Å². The Hall–Kier alpha value is -3.81. The van der Waals surface area contributed by atoms with Crippen LogP contribution in [-0.2, 0) is 0 Å². The normalized spacial score (nSPS) is 11.1. The second-order valence-electron chi connectivity index (χ2n) is 7.84. The zero-order chi connectivity index (χ0) is 23.4. The minimum atomic E-state index is -0.252. The van der Waals surface area contributed by atoms with Crippen molar-refractivity contribution in [2.45, 2.75) is 32.6 Å². The highest BCUT2D eigenvalue weighted by Gasteiger charge is 2.25. The molecule has 4 aromatic rings. The van der Waals surface area contributed by atoms with Gasteiger partial charge in [0, 0.05) is 12.6 Å². The van der Waals surface area contributed by atoms with Crippen LogP contribution in [0.15, 0.2) is 42.5 Å². The van der Waals surface area contributed by atoms with Crippen molar-refractivity contribution in [3.05, 3.63) is 48.0 Å². The van der Waals surface area contributed by atoms with E-state index in [1.165, 1.54) is 0 Å². The number of para-hydroxylation sites is 2. The van der Waals surface area contributed by atoms with Gasteiger partial charge in [0.25, 0.3) is 5.91 Å². The molecule has 2 aromatic carbocycles. The lowest BCUT2D eigenvalue weighted by atomic mass is 10.2. The molecule has 1 amide bonds. The fraction of sp³-hybridized carbons (Fsp3) is 0.320. The summed E-state index contributed by atoms with van der Waals surface area (Å²) in [4.78, 5) is 22.8. The van der Waals surface area contributed by atoms with Crippen LogP contribution in [0, 0.1) is 0 Å². The summed E-state index contributed by atoms with van der Waals surface area (Å²) in [5.74, 6) is 1.17. The smallest absolute Gasteiger partial charge is 0.257 e. The molecule has 8 heteroatoms. The number of nitrogens with zero attached hydrogens (tertiary/aromatic N) is 3. The number of carbonyl (C=O) groups is 1. The Morgan fingerprint density at radius 3 is 2.42 bits per heavy atom. The van der Waals surface area contributed by atoms with Gasteiger partial charge in [-0.2, -0.15) is 0 Å². The van der Waals surface area contributed by atoms with Gasteiger partial charge in [0.2, 0.25) is 0 Å². The number of hydrogen-bond acceptors (Lipinski definition) is 6. The van der Waals surface area contributed by atoms with Gasteiger partial charge < -0.3 is 20.5 Å². The molecule has 0 atom stereocenters. The van der Waals surface area contributed by atoms with Gasteiger partial charge in [-0.3, -0.25) is 9.36 Å². The Balaban J connectivity index is 1.85. The molecule has 0 radical (unpaired) electrons. The van der Waals surface area contributed by atoms with E-state index in [2.05, 4.69) is 12.2 Å². The van der Waals surface area contributed by atoms with Crippen molar-refractivity contribution in [2.24, 2.45) is 0 Å². The molecule has 2 heterocycles. The van der Waals surface area contributed by atoms with Crippen LogP contribution in [0.4, 0.5) is 5.82 Å². The van der Waals surface area contributed by atoms with E-state index in [-0.39, 0.29) is 11.7 Å². The fourth-order valence-corrected chi connectivity index (χ4v) is 3.95. The predicted molar refractivity (Wildman–Crippen MR) is 130 cm³/mol. The Labute approximate surface area is 192 Å². The van der Waals surface area contributed by atoms with Crippen LogP contribution in [0.1, 0.15) is 43.0 Å². The highest BCUT2D eigenvalue weighted by atomic mass is 16.5. The average Bonchev–Trinajstić information content (AvgIpc) is 3.12. The Bertz CT molecular complexity index is 1300. The van der Waals surface area contributed by atoms with Gasteiger partial charge in [-0.25, -0.2) is 9.97 Å². The van der Waals surface area contributed by atoms with Gasteiger partial charge in [-0.05, 0) is 30.7 Å². The minimum absolute atomic E-state index is 0.252. The third kappa shape index (κ3) is 4.28. The molecule has 0 fully saturated rings. The highest BCUT2D eigenvalue weighted by molar-refractivity contribution is 6.11. The van der Waals surface area contributed by atoms with Crippen LogP contribution in [-0.4, -0.2) is 41.2 Å². The van der Waals surface area contributed by atoms with E-state index < -0.39 is 0 Å². The molecule has 4 rings (SSSR count). The number of ether oxygens (including phenoxy) is 2. The summed E-state index contributed by atoms with van der Waals surface area (Å²) >= 11 is 0. The van der Waals surface area contributed by atoms with Crippen LogP contribution in [0.25, 0.3) is 27.9 Å². The standard InChI is InChI=1S/C25H29N5O3/c1-4-5-6-9-14-27-25(31)21-22-24(29-18-11-8-7-10-17(18)28-22)30(23(21)26)16-12-13-19(32-2)20(15-16)33-3/h7-8,10-13,15H,4-6,9,14,26H2,1-3H3,(H,27,31). The van der Waals surface area contributed by atoms with E-state index in [1.807, 2.05) is 30.3 Å². The molecular weight excluding hydrogens is 418 g/mol. The number of anilines is 1. The lowest BCUT2D eigenvalue weighted by molar-refractivity contribution is 0.0955. The molecule has 0 aliphatic rings. The molecule has 0 saturated carbocycles. The molecular formula is C25H29N5O3. The largest absolute Gasteiger partial charge is 0.493 e. The van der Waals surface area contributed by atoms with Crippen molar-refractivity contribution in [1.82, 2.24) is 19.9 Å². The van der Waals surface area contributed by atoms with E-state index in [1.54, 1.807) is 30.9 Å². The van der Waals surface area contributed by atoms with E-state index >= 15 is 0 Å². The number of methoxy groups -OCH3 is 2. The molecule has 0 saturated heterocycles. The first-order valence-electron chi connectivity index (χ1n) is 11.2. The molecule has 0 aliphatic carbocycles. The molecule has 0 unspecified atom stereocenters. The van der Waals surface area contributed by atoms with Crippen LogP contribution < -0.4 is 20.5 Å². The first-order chi connectivity index (χ1) is 16.1. The second-order valence-corrected chi connectivity index (χ2v) is 7.84. The average molecular weight is 448 g/mol. The summed E-state index contributed by atoms with van der Waals surface area (Å²) < 4.78 is 12.6. The molecule has 0 bridgehead atoms. The van der Waals surface area contributed by atoms with Crippen LogP contribution >= 0.6 is 0 Å². The Morgan fingerprint density at radius 1 is 1.00 bits per heavy atom. The molecule has 172 valence electrons. The maximum absolute atomic E-state index is 13.2. The van der Waals surface area contributed by atoms with E-state index in [9.17, 15) is 4.79 Å². The van der Waals surface area contributed by atoms with Crippen molar-refractivity contribution in [2.75, 3.05) is 26.5 Å². The summed E-state index contributed by atoms with van der Waals surface area (Å²) in [6.07, 6.45) is 4.28. The maximum Gasteiger partial charge on any atom is 0.257 e. The first-order valence-corrected chi connectivity index (χ1v) is 11.2. The summed E-state index contributed by atoms with van der Waals surface area (Å²) in [5.41, 5.74) is 9.99. The number of carbonyl (C=O) groups excluding carboxylic acids is 1. The molecule has 3 N–H and O–H groups in total. The SMILES string of the molecule is CCCCCCNC(=O)c1c(N)n(-c2ccc(OC)c(OC)c2)c2nc3ccccc3nc12. The van der Waals surface area contributed by atoms with E-state index in [0.717, 1.165) is 31.2 Å². The van der Waals surface area contributed by atoms with Crippen molar-refractivity contribution >= 4 is 33.9 Å². The number of nitrogen functional groups attached to an aromatic ring is 1. The molecule has 0 spiro atoms. The summed E-state index contributed by atoms with van der Waals surface area (Å²) in [6.45, 7) is 2.74. The van der Waals surface area contributed by atoms with Gasteiger partial charge >= 0.3 is 0 Å². The minimum Gasteiger partial charge on any atom is -0.493 e. The summed E-state index contributed by atoms with van der Waals surface area (Å²) in [5, 5.41) is 3.00. The number of amides is 1. The maximum atomic E-state index is 13.2. The number of benzene rings is 2. The Kier molecular flexibility index (Phi) is 6.63. The van der Waals surface area contributed by atoms with Gasteiger partial charge in [0.05, 0.1) is 30.9 Å². The lowest BCUT2D eigenvalue weighted by Crippen LogP contribution is -2.25. The monoisotopic (exact) mass is 447 g/mol. The van der Waals surface area contributed by atoms with Gasteiger partial charge in [-0.15, -0.1) is 0 Å². The Morgan fingerprint density at radius 2 is 1.73 bits per heavy atom. The van der Waals surface area contributed by atoms with Crippen molar-refractivity contribution < 1.29 is 14.3 Å². The van der Waals surface area contributed by atoms with Gasteiger partial charge in [-0.1, -0.05) is 38.3 Å². The van der Waals surface area contributed by atoms with Crippen LogP contribution in [0.5, 0.6) is 11.5 Å². The zero-order valence-electron chi connectivity index (χ0n) is 19.2. The van der Waals surface area contributed by atoms with Crippen molar-refractivity contribution in [3.63, 3.8) is 0 Å². The number of unbranched alkanes of at least 4 members (excludes halogenated alkanes) is 3. The van der Waals surface area contributed by atoms with Crippen LogP contribution in [0.3, 0.4) is 0 Å². The number of aromatic nitrogens is 3. The third-order valence-electron chi connectivity index (χ3n) is 5.67. The molecule has 8 nitrogen and oxygen atoms in total. The number of rotatable bonds is 9. The lowest BCUT2D eigenvalue weighted by Gasteiger charge is -2.12. The second kappa shape index (κ2) is 9.77. The van der Waals surface area contributed by atoms with E-state index in [0.29, 0.717) is 46.0 Å². The fourth-order valence-electron chi connectivity index (χ4n) is 3.95. The zero-order valence-corrected chi connectivity index (χ0v) is 19.2. The summed E-state index contributed by atoms with van der Waals surface area (Å²) in [7, 11) is 3.15. The summed E-state index contributed by atoms with van der Waals surface area (Å²) in [6, 6.07) is 13.0. The van der Waals surface area contributed by atoms with Gasteiger partial charge in [0.15, 0.2) is 17.1 Å². The van der Waals surface area contributed by atoms with Crippen molar-refractivity contribution in [3.8, 4) is 17.2 Å². The number of fused-ring (bicyclic) bond motifs is 2. The molecule has 2 aromatic heterocycles. The van der Waals surface area contributed by atoms with Crippen LogP contribution in [0.2, 0.25) is 0 Å².